The van der Waals surface area contributed by atoms with Gasteiger partial charge in [-0.3, -0.25) is 0 Å². The lowest BCUT2D eigenvalue weighted by atomic mass is 9.94. The Bertz CT molecular complexity index is 682. The SMILES string of the molecule is CCc1cnc(N2CCC(C(C)=S)CC2)nc1.[3H]c1ncc(CC)cn1. The van der Waals surface area contributed by atoms with Gasteiger partial charge in [-0.2, -0.15) is 0 Å². The standard InChI is InChI=1S/C13H19N3S.C6H8N2/c1-3-11-8-14-13(15-9-11)16-6-4-12(5-7-16)10(2)17;1-2-6-3-7-5-8-4-6/h8-9,12H,3-7H2,1-2H3;3-5H,2H2,1H3/i;5T. The van der Waals surface area contributed by atoms with Gasteiger partial charge in [-0.1, -0.05) is 26.1 Å². The molecule has 134 valence electrons. The minimum atomic E-state index is 0.0900. The monoisotopic (exact) mass is 359 g/mol. The van der Waals surface area contributed by atoms with Crippen LogP contribution >= 0.6 is 12.2 Å². The topological polar surface area (TPSA) is 54.8 Å². The number of anilines is 1. The van der Waals surface area contributed by atoms with Crippen molar-refractivity contribution < 1.29 is 1.37 Å². The Labute approximate surface area is 157 Å². The maximum atomic E-state index is 6.94. The summed E-state index contributed by atoms with van der Waals surface area (Å²) in [7, 11) is 0. The van der Waals surface area contributed by atoms with E-state index in [4.69, 9.17) is 13.6 Å². The Morgan fingerprint density at radius 1 is 1.08 bits per heavy atom. The van der Waals surface area contributed by atoms with E-state index in [-0.39, 0.29) is 6.30 Å². The molecule has 1 saturated heterocycles. The molecule has 2 aromatic heterocycles. The van der Waals surface area contributed by atoms with Gasteiger partial charge in [-0.05, 0) is 54.5 Å². The molecule has 0 bridgehead atoms. The Balaban J connectivity index is 0.000000228. The fraction of sp³-hybridized carbons (Fsp3) is 0.526. The van der Waals surface area contributed by atoms with Crippen LogP contribution < -0.4 is 4.90 Å². The number of rotatable bonds is 4. The van der Waals surface area contributed by atoms with Crippen molar-refractivity contribution in [3.05, 3.63) is 42.2 Å². The second kappa shape index (κ2) is 10.1. The van der Waals surface area contributed by atoms with E-state index in [2.05, 4.69) is 38.7 Å². The summed E-state index contributed by atoms with van der Waals surface area (Å²) in [5, 5.41) is 0. The van der Waals surface area contributed by atoms with Gasteiger partial charge in [0.25, 0.3) is 0 Å². The van der Waals surface area contributed by atoms with Crippen LogP contribution in [0.15, 0.2) is 31.1 Å². The second-order valence-corrected chi connectivity index (χ2v) is 6.81. The zero-order valence-electron chi connectivity index (χ0n) is 16.3. The normalized spacial score (nSPS) is 15.2. The first-order chi connectivity index (χ1) is 12.5. The number of thiocarbonyl (C=S) groups is 1. The van der Waals surface area contributed by atoms with Crippen molar-refractivity contribution in [1.82, 2.24) is 19.9 Å². The summed E-state index contributed by atoms with van der Waals surface area (Å²) in [5.41, 5.74) is 2.27. The number of hydrogen-bond donors (Lipinski definition) is 0. The summed E-state index contributed by atoms with van der Waals surface area (Å²) in [5.74, 6) is 1.47. The van der Waals surface area contributed by atoms with E-state index in [1.807, 2.05) is 19.3 Å². The average Bonchev–Trinajstić information content (AvgIpc) is 2.69. The molecule has 0 saturated carbocycles. The molecule has 0 unspecified atom stereocenters. The highest BCUT2D eigenvalue weighted by Crippen LogP contribution is 2.21. The summed E-state index contributed by atoms with van der Waals surface area (Å²) >= 11 is 5.25. The first-order valence-electron chi connectivity index (χ1n) is 9.37. The van der Waals surface area contributed by atoms with Crippen LogP contribution in [0.4, 0.5) is 5.95 Å². The molecule has 1 fully saturated rings. The van der Waals surface area contributed by atoms with Gasteiger partial charge in [0, 0.05) is 37.9 Å². The van der Waals surface area contributed by atoms with Crippen molar-refractivity contribution in [3.8, 4) is 0 Å². The third-order valence-corrected chi connectivity index (χ3v) is 4.77. The Kier molecular flexibility index (Phi) is 7.24. The predicted molar refractivity (Wildman–Crippen MR) is 106 cm³/mol. The van der Waals surface area contributed by atoms with Crippen LogP contribution in [0.2, 0.25) is 0 Å². The molecule has 5 nitrogen and oxygen atoms in total. The van der Waals surface area contributed by atoms with Crippen molar-refractivity contribution >= 4 is 23.0 Å². The van der Waals surface area contributed by atoms with Gasteiger partial charge in [0.05, 0.1) is 0 Å². The molecule has 0 atom stereocenters. The molecular weight excluding hydrogens is 330 g/mol. The molecule has 0 radical (unpaired) electrons. The zero-order chi connectivity index (χ0) is 18.9. The van der Waals surface area contributed by atoms with Crippen LogP contribution in [-0.2, 0) is 12.8 Å². The fourth-order valence-corrected chi connectivity index (χ4v) is 2.89. The van der Waals surface area contributed by atoms with E-state index in [9.17, 15) is 0 Å². The molecule has 6 heteroatoms. The van der Waals surface area contributed by atoms with Gasteiger partial charge in [0.1, 0.15) is 7.67 Å². The van der Waals surface area contributed by atoms with Crippen LogP contribution in [0, 0.1) is 5.92 Å². The van der Waals surface area contributed by atoms with Crippen LogP contribution in [0.3, 0.4) is 0 Å². The van der Waals surface area contributed by atoms with Gasteiger partial charge in [-0.25, -0.2) is 19.9 Å². The quantitative estimate of drug-likeness (QED) is 0.776. The molecule has 0 amide bonds. The lowest BCUT2D eigenvalue weighted by molar-refractivity contribution is 0.499. The Morgan fingerprint density at radius 3 is 2.08 bits per heavy atom. The van der Waals surface area contributed by atoms with Crippen molar-refractivity contribution in [2.24, 2.45) is 5.92 Å². The van der Waals surface area contributed by atoms with E-state index in [1.165, 1.54) is 5.56 Å². The second-order valence-electron chi connectivity index (χ2n) is 6.16. The molecule has 25 heavy (non-hydrogen) atoms. The van der Waals surface area contributed by atoms with E-state index >= 15 is 0 Å². The molecule has 3 heterocycles. The fourth-order valence-electron chi connectivity index (χ4n) is 2.65. The van der Waals surface area contributed by atoms with Crippen LogP contribution in [0.25, 0.3) is 0 Å². The molecule has 1 aliphatic rings. The Morgan fingerprint density at radius 2 is 1.60 bits per heavy atom. The molecule has 0 spiro atoms. The van der Waals surface area contributed by atoms with Gasteiger partial charge >= 0.3 is 0 Å². The highest BCUT2D eigenvalue weighted by Gasteiger charge is 2.21. The van der Waals surface area contributed by atoms with Gasteiger partial charge in [0.2, 0.25) is 5.95 Å². The van der Waals surface area contributed by atoms with Crippen molar-refractivity contribution in [3.63, 3.8) is 0 Å². The summed E-state index contributed by atoms with van der Waals surface area (Å²) in [6.45, 7) is 8.24. The van der Waals surface area contributed by atoms with Gasteiger partial charge in [-0.15, -0.1) is 0 Å². The maximum Gasteiger partial charge on any atom is 0.225 e. The van der Waals surface area contributed by atoms with E-state index in [1.54, 1.807) is 12.4 Å². The molecule has 2 aromatic rings. The molecular formula is C19H27N5S. The van der Waals surface area contributed by atoms with Crippen LogP contribution in [0.5, 0.6) is 0 Å². The van der Waals surface area contributed by atoms with Crippen LogP contribution in [0.1, 0.15) is 46.1 Å². The largest absolute Gasteiger partial charge is 0.341 e. The minimum absolute atomic E-state index is 0.0900. The van der Waals surface area contributed by atoms with Gasteiger partial charge in [0.15, 0.2) is 0 Å². The van der Waals surface area contributed by atoms with Crippen molar-refractivity contribution in [2.45, 2.75) is 46.5 Å². The van der Waals surface area contributed by atoms with E-state index in [0.717, 1.165) is 55.1 Å². The predicted octanol–water partition coefficient (Wildman–Crippen LogP) is 3.68. The van der Waals surface area contributed by atoms with Crippen LogP contribution in [-0.4, -0.2) is 37.9 Å². The number of nitrogens with zero attached hydrogens (tertiary/aromatic N) is 5. The number of aromatic nitrogens is 4. The zero-order valence-corrected chi connectivity index (χ0v) is 16.1. The minimum Gasteiger partial charge on any atom is -0.341 e. The lowest BCUT2D eigenvalue weighted by Gasteiger charge is -2.31. The first kappa shape index (κ1) is 17.9. The third kappa shape index (κ3) is 6.12. The lowest BCUT2D eigenvalue weighted by Crippen LogP contribution is -2.36. The highest BCUT2D eigenvalue weighted by molar-refractivity contribution is 7.80. The smallest absolute Gasteiger partial charge is 0.225 e. The third-order valence-electron chi connectivity index (χ3n) is 4.44. The molecule has 0 aliphatic carbocycles. The van der Waals surface area contributed by atoms with Gasteiger partial charge < -0.3 is 4.90 Å². The van der Waals surface area contributed by atoms with E-state index in [0.29, 0.717) is 5.92 Å². The summed E-state index contributed by atoms with van der Waals surface area (Å²) < 4.78 is 6.94. The maximum absolute atomic E-state index is 6.94. The molecule has 0 N–H and O–H groups in total. The average molecular weight is 360 g/mol. The first-order valence-corrected chi connectivity index (χ1v) is 9.28. The summed E-state index contributed by atoms with van der Waals surface area (Å²) in [4.78, 5) is 19.7. The highest BCUT2D eigenvalue weighted by atomic mass is 32.1. The molecule has 0 aromatic carbocycles. The molecule has 3 rings (SSSR count). The van der Waals surface area contributed by atoms with E-state index < -0.39 is 0 Å². The summed E-state index contributed by atoms with van der Waals surface area (Å²) in [6.07, 6.45) is 11.5. The summed E-state index contributed by atoms with van der Waals surface area (Å²) in [6, 6.07) is 0. The number of piperidine rings is 1. The number of aryl methyl sites for hydroxylation is 2. The Hall–Kier alpha value is -1.95. The van der Waals surface area contributed by atoms with Crippen molar-refractivity contribution in [1.29, 1.82) is 0 Å². The molecule has 1 aliphatic heterocycles. The van der Waals surface area contributed by atoms with Crippen molar-refractivity contribution in [2.75, 3.05) is 18.0 Å². The number of hydrogen-bond acceptors (Lipinski definition) is 6.